The van der Waals surface area contributed by atoms with Crippen molar-refractivity contribution >= 4 is 57.7 Å². The third-order valence-corrected chi connectivity index (χ3v) is 12.3. The first-order chi connectivity index (χ1) is 25.4. The molecule has 6 rings (SSSR count). The van der Waals surface area contributed by atoms with Crippen molar-refractivity contribution in [3.63, 3.8) is 0 Å². The third kappa shape index (κ3) is 8.24. The molecule has 0 saturated carbocycles. The molecule has 0 aliphatic carbocycles. The molecule has 2 aliphatic rings. The highest BCUT2D eigenvalue weighted by Gasteiger charge is 2.60. The van der Waals surface area contributed by atoms with Gasteiger partial charge in [0.2, 0.25) is 17.7 Å². The fourth-order valence-corrected chi connectivity index (χ4v) is 9.38. The van der Waals surface area contributed by atoms with Crippen molar-refractivity contribution in [3.05, 3.63) is 33.4 Å². The molecule has 0 amide bonds. The summed E-state index contributed by atoms with van der Waals surface area (Å²) in [6.45, 7) is -2.74. The molecule has 0 radical (unpaired) electrons. The summed E-state index contributed by atoms with van der Waals surface area (Å²) in [5, 5.41) is 31.6. The molecule has 12 N–H and O–H groups in total. The van der Waals surface area contributed by atoms with Crippen LogP contribution >= 0.6 is 23.5 Å². The first-order valence-electron chi connectivity index (χ1n) is 15.0. The predicted octanol–water partition coefficient (Wildman–Crippen LogP) is -2.73. The fraction of sp³-hybridized carbons (Fsp3) is 0.545. The average molecular weight is 855 g/mol. The van der Waals surface area contributed by atoms with E-state index in [2.05, 4.69) is 42.6 Å². The van der Waals surface area contributed by atoms with Crippen LogP contribution in [0.1, 0.15) is 12.5 Å². The topological polar surface area (TPSA) is 398 Å². The molecule has 6 heterocycles. The van der Waals surface area contributed by atoms with Gasteiger partial charge in [0.05, 0.1) is 32.7 Å². The Hall–Kier alpha value is -3.70. The monoisotopic (exact) mass is 855 g/mol. The number of nitrogen functional groups attached to an aromatic ring is 2. The highest BCUT2D eigenvalue weighted by atomic mass is 31.3. The predicted molar refractivity (Wildman–Crippen MR) is 167 cm³/mol. The number of nitrogens with two attached hydrogens (primary N) is 2. The minimum atomic E-state index is -6.19. The number of phosphoric acid groups is 3. The maximum absolute atomic E-state index is 14.1. The number of rotatable bonds is 12. The number of hydrogen-bond donors (Lipinski definition) is 10. The molecule has 304 valence electrons. The zero-order chi connectivity index (χ0) is 40.6. The number of fused-ring (bicyclic) bond motifs is 2. The summed E-state index contributed by atoms with van der Waals surface area (Å²) in [5.41, 5.74) is 8.57. The highest BCUT2D eigenvalue weighted by Crippen LogP contribution is 2.68. The van der Waals surface area contributed by atoms with Gasteiger partial charge in [-0.25, -0.2) is 23.2 Å². The number of aliphatic hydroxyl groups is 3. The number of anilines is 2. The lowest BCUT2D eigenvalue weighted by molar-refractivity contribution is -0.746. The van der Waals surface area contributed by atoms with Crippen LogP contribution in [0.4, 0.5) is 25.1 Å². The van der Waals surface area contributed by atoms with E-state index < -0.39 is 109 Å². The van der Waals surface area contributed by atoms with Gasteiger partial charge in [-0.3, -0.25) is 37.7 Å². The second-order valence-electron chi connectivity index (χ2n) is 11.9. The summed E-state index contributed by atoms with van der Waals surface area (Å²) in [6, 6.07) is 0. The maximum Gasteiger partial charge on any atom is 0.490 e. The maximum atomic E-state index is 14.1. The number of phosphoric ester groups is 2. The van der Waals surface area contributed by atoms with E-state index >= 15 is 0 Å². The van der Waals surface area contributed by atoms with Crippen LogP contribution in [-0.2, 0) is 47.9 Å². The van der Waals surface area contributed by atoms with E-state index in [0.29, 0.717) is 0 Å². The number of halogens is 3. The number of ether oxygens (including phenoxy) is 2. The number of hydrogen-bond acceptors (Lipinski definition) is 19. The second-order valence-corrected chi connectivity index (χ2v) is 16.5. The van der Waals surface area contributed by atoms with Crippen molar-refractivity contribution in [2.45, 2.75) is 49.2 Å². The van der Waals surface area contributed by atoms with Gasteiger partial charge in [-0.15, -0.1) is 0 Å². The Bertz CT molecular complexity index is 2390. The van der Waals surface area contributed by atoms with Crippen molar-refractivity contribution in [3.8, 4) is 0 Å². The van der Waals surface area contributed by atoms with Crippen molar-refractivity contribution in [1.82, 2.24) is 34.1 Å². The first-order valence-corrected chi connectivity index (χ1v) is 19.5. The van der Waals surface area contributed by atoms with E-state index in [1.54, 1.807) is 0 Å². The molecule has 4 aromatic rings. The molecule has 2 saturated heterocycles. The SMILES string of the molecule is Cn1c[n+]([C@@H]2O[C@H](COP(=O)(O)OP(=O)(O)OP(=O)(O)OC[C@H]3O[C@@H](n4cnc5c(=O)[nH]c(N)nc54)[C@H](O)[C@@H]3O)[C@@H](C(F)(F)F)C2O)c2nc(N)[nH]c(=O)c21. The van der Waals surface area contributed by atoms with Gasteiger partial charge in [-0.05, 0) is 0 Å². The normalized spacial score (nSPS) is 29.4. The Morgan fingerprint density at radius 3 is 2.09 bits per heavy atom. The van der Waals surface area contributed by atoms with E-state index in [4.69, 9.17) is 20.9 Å². The van der Waals surface area contributed by atoms with Crippen LogP contribution in [0.25, 0.3) is 22.3 Å². The molecule has 2 aliphatic heterocycles. The number of aromatic nitrogens is 8. The molecule has 11 atom stereocenters. The molecule has 4 unspecified atom stereocenters. The molecule has 2 fully saturated rings. The second kappa shape index (κ2) is 14.4. The first kappa shape index (κ1) is 40.9. The molecule has 27 nitrogen and oxygen atoms in total. The minimum absolute atomic E-state index is 0.190. The van der Waals surface area contributed by atoms with Crippen molar-refractivity contribution < 1.29 is 88.6 Å². The Morgan fingerprint density at radius 2 is 1.47 bits per heavy atom. The summed E-state index contributed by atoms with van der Waals surface area (Å²) >= 11 is 0. The molecular formula is C22H29F3N10O17P3+. The van der Waals surface area contributed by atoms with Gasteiger partial charge in [0.15, 0.2) is 23.7 Å². The Balaban J connectivity index is 1.09. The highest BCUT2D eigenvalue weighted by molar-refractivity contribution is 7.66. The summed E-state index contributed by atoms with van der Waals surface area (Å²) in [7, 11) is -16.7. The van der Waals surface area contributed by atoms with Crippen molar-refractivity contribution in [2.24, 2.45) is 13.0 Å². The number of nitrogens with one attached hydrogen (secondary N) is 2. The van der Waals surface area contributed by atoms with Crippen molar-refractivity contribution in [2.75, 3.05) is 24.7 Å². The molecule has 55 heavy (non-hydrogen) atoms. The number of H-pyrrole nitrogens is 2. The fourth-order valence-electron chi connectivity index (χ4n) is 5.86. The van der Waals surface area contributed by atoms with E-state index in [-0.39, 0.29) is 28.3 Å². The van der Waals surface area contributed by atoms with Gasteiger partial charge < -0.3 is 50.9 Å². The van der Waals surface area contributed by atoms with Crippen LogP contribution < -0.4 is 27.2 Å². The van der Waals surface area contributed by atoms with Crippen molar-refractivity contribution in [1.29, 1.82) is 0 Å². The number of aryl methyl sites for hydroxylation is 1. The van der Waals surface area contributed by atoms with Crippen LogP contribution in [0.5, 0.6) is 0 Å². The van der Waals surface area contributed by atoms with E-state index in [0.717, 1.165) is 26.4 Å². The smallest absolute Gasteiger partial charge is 0.387 e. The molecular weight excluding hydrogens is 826 g/mol. The van der Waals surface area contributed by atoms with E-state index in [9.17, 15) is 66.5 Å². The Labute approximate surface area is 300 Å². The van der Waals surface area contributed by atoms with Gasteiger partial charge in [0, 0.05) is 0 Å². The number of alkyl halides is 3. The molecule has 0 bridgehead atoms. The zero-order valence-electron chi connectivity index (χ0n) is 27.2. The quantitative estimate of drug-likeness (QED) is 0.0511. The lowest BCUT2D eigenvalue weighted by Crippen LogP contribution is -2.47. The van der Waals surface area contributed by atoms with Gasteiger partial charge in [0.1, 0.15) is 30.3 Å². The molecule has 0 aromatic carbocycles. The van der Waals surface area contributed by atoms with Gasteiger partial charge in [0.25, 0.3) is 17.1 Å². The third-order valence-electron chi connectivity index (χ3n) is 8.10. The van der Waals surface area contributed by atoms with Crippen LogP contribution in [0, 0.1) is 5.92 Å². The van der Waals surface area contributed by atoms with Crippen LogP contribution in [0.15, 0.2) is 22.2 Å². The standard InChI is InChI=1S/C22H28F3N10O17P3/c1-33-5-35(15-10(33)17(40)32-21(27)30-15)18-12(37)8(22(23,24)25)6(49-18)2-47-53(41,42)51-55(45,46)52-54(43,44)48-3-7-11(36)13(38)19(50-7)34-4-28-9-14(34)29-20(26)31-16(9)39/h4-8,11-13,18-19,36-38H,2-3H2,1H3,(H8-,26,27,29,30,31,32,39,40,41,42,43,44,45,46)/p+1/t6-,7-,8-,11-,12?,13-,18-,19-/m1/s1. The molecule has 4 aromatic heterocycles. The zero-order valence-corrected chi connectivity index (χ0v) is 29.9. The Morgan fingerprint density at radius 1 is 0.891 bits per heavy atom. The molecule has 33 heteroatoms. The van der Waals surface area contributed by atoms with Crippen LogP contribution in [-0.4, -0.2) is 114 Å². The van der Waals surface area contributed by atoms with Gasteiger partial charge in [-0.1, -0.05) is 4.98 Å². The largest absolute Gasteiger partial charge is 0.490 e. The Kier molecular flexibility index (Phi) is 10.7. The van der Waals surface area contributed by atoms with Gasteiger partial charge in [-0.2, -0.15) is 26.8 Å². The minimum Gasteiger partial charge on any atom is -0.387 e. The number of nitrogens with zero attached hydrogens (tertiary/aromatic N) is 6. The average Bonchev–Trinajstić information content (AvgIpc) is 3.76. The van der Waals surface area contributed by atoms with Gasteiger partial charge >= 0.3 is 35.3 Å². The molecule has 0 spiro atoms. The number of aliphatic hydroxyl groups excluding tert-OH is 3. The number of aromatic amines is 2. The van der Waals surface area contributed by atoms with E-state index in [1.165, 1.54) is 7.05 Å². The van der Waals surface area contributed by atoms with Crippen LogP contribution in [0.2, 0.25) is 0 Å². The lowest BCUT2D eigenvalue weighted by atomic mass is 9.98. The summed E-state index contributed by atoms with van der Waals surface area (Å²) in [5.74, 6) is -3.63. The van der Waals surface area contributed by atoms with E-state index in [1.807, 2.05) is 0 Å². The summed E-state index contributed by atoms with van der Waals surface area (Å²) < 4.78 is 110. The summed E-state index contributed by atoms with van der Waals surface area (Å²) in [6.07, 6.45) is -16.9. The number of imidazole rings is 2. The summed E-state index contributed by atoms with van der Waals surface area (Å²) in [4.78, 5) is 70.3. The van der Waals surface area contributed by atoms with Crippen LogP contribution in [0.3, 0.4) is 0 Å². The lowest BCUT2D eigenvalue weighted by Gasteiger charge is -2.23.